The Labute approximate surface area is 147 Å². The number of hydrogen-bond donors (Lipinski definition) is 0. The van der Waals surface area contributed by atoms with Crippen molar-refractivity contribution in [3.05, 3.63) is 28.2 Å². The molecule has 2 rings (SSSR count). The molecular weight excluding hydrogens is 326 g/mol. The molecular formula is C18H23NO4S. The minimum Gasteiger partial charge on any atom is -0.496 e. The van der Waals surface area contributed by atoms with Crippen LogP contribution in [0.25, 0.3) is 6.08 Å². The standard InChI is InChI=1S/C18H23NO4S/c1-5-6-7-10-19-17(20)15(24-18(19)21)11-13-8-9-14(22-3)12(2)16(13)23-4/h8-9,11H,5-7,10H2,1-4H3/b15-11-. The lowest BCUT2D eigenvalue weighted by Gasteiger charge is -2.13. The maximum atomic E-state index is 12.5. The third-order valence-electron chi connectivity index (χ3n) is 3.96. The van der Waals surface area contributed by atoms with Crippen molar-refractivity contribution in [2.75, 3.05) is 20.8 Å². The highest BCUT2D eigenvalue weighted by Gasteiger charge is 2.34. The van der Waals surface area contributed by atoms with Gasteiger partial charge < -0.3 is 9.47 Å². The van der Waals surface area contributed by atoms with Gasteiger partial charge in [0, 0.05) is 17.7 Å². The Balaban J connectivity index is 2.27. The average Bonchev–Trinajstić information content (AvgIpc) is 2.83. The highest BCUT2D eigenvalue weighted by molar-refractivity contribution is 8.18. The Kier molecular flexibility index (Phi) is 6.31. The monoisotopic (exact) mass is 349 g/mol. The molecule has 1 aliphatic rings. The fourth-order valence-corrected chi connectivity index (χ4v) is 3.51. The van der Waals surface area contributed by atoms with Gasteiger partial charge in [0.15, 0.2) is 0 Å². The summed E-state index contributed by atoms with van der Waals surface area (Å²) in [5, 5.41) is -0.202. The zero-order valence-electron chi connectivity index (χ0n) is 14.5. The van der Waals surface area contributed by atoms with Crippen LogP contribution in [0.5, 0.6) is 11.5 Å². The maximum Gasteiger partial charge on any atom is 0.293 e. The van der Waals surface area contributed by atoms with E-state index in [2.05, 4.69) is 6.92 Å². The molecule has 1 aromatic carbocycles. The summed E-state index contributed by atoms with van der Waals surface area (Å²) in [5.74, 6) is 1.14. The van der Waals surface area contributed by atoms with E-state index in [1.54, 1.807) is 20.3 Å². The molecule has 0 aromatic heterocycles. The Morgan fingerprint density at radius 2 is 1.92 bits per heavy atom. The van der Waals surface area contributed by atoms with Crippen molar-refractivity contribution in [3.63, 3.8) is 0 Å². The summed E-state index contributed by atoms with van der Waals surface area (Å²) in [4.78, 5) is 26.3. The molecule has 1 saturated heterocycles. The summed E-state index contributed by atoms with van der Waals surface area (Å²) in [6, 6.07) is 3.66. The third kappa shape index (κ3) is 3.75. The first-order valence-electron chi connectivity index (χ1n) is 8.00. The maximum absolute atomic E-state index is 12.5. The topological polar surface area (TPSA) is 55.8 Å². The largest absolute Gasteiger partial charge is 0.496 e. The molecule has 5 nitrogen and oxygen atoms in total. The van der Waals surface area contributed by atoms with Crippen LogP contribution in [0.3, 0.4) is 0 Å². The SMILES string of the molecule is CCCCCN1C(=O)S/C(=C\c2ccc(OC)c(C)c2OC)C1=O. The van der Waals surface area contributed by atoms with E-state index in [4.69, 9.17) is 9.47 Å². The van der Waals surface area contributed by atoms with Crippen LogP contribution in [0, 0.1) is 6.92 Å². The fraction of sp³-hybridized carbons (Fsp3) is 0.444. The van der Waals surface area contributed by atoms with Crippen LogP contribution in [0.15, 0.2) is 17.0 Å². The quantitative estimate of drug-likeness (QED) is 0.544. The first kappa shape index (κ1) is 18.4. The number of benzene rings is 1. The van der Waals surface area contributed by atoms with Gasteiger partial charge in [0.05, 0.1) is 19.1 Å². The lowest BCUT2D eigenvalue weighted by atomic mass is 10.1. The van der Waals surface area contributed by atoms with Crippen molar-refractivity contribution in [1.82, 2.24) is 4.90 Å². The highest BCUT2D eigenvalue weighted by atomic mass is 32.2. The molecule has 0 aliphatic carbocycles. The Morgan fingerprint density at radius 3 is 2.54 bits per heavy atom. The van der Waals surface area contributed by atoms with E-state index >= 15 is 0 Å². The first-order valence-corrected chi connectivity index (χ1v) is 8.82. The lowest BCUT2D eigenvalue weighted by Crippen LogP contribution is -2.29. The molecule has 130 valence electrons. The van der Waals surface area contributed by atoms with E-state index in [0.717, 1.165) is 47.9 Å². The van der Waals surface area contributed by atoms with Gasteiger partial charge in [0.2, 0.25) is 0 Å². The average molecular weight is 349 g/mol. The summed E-state index contributed by atoms with van der Waals surface area (Å²) < 4.78 is 10.7. The number of methoxy groups -OCH3 is 2. The zero-order chi connectivity index (χ0) is 17.7. The molecule has 1 heterocycles. The van der Waals surface area contributed by atoms with Crippen LogP contribution in [0.4, 0.5) is 4.79 Å². The van der Waals surface area contributed by atoms with Crippen LogP contribution in [-0.4, -0.2) is 36.8 Å². The van der Waals surface area contributed by atoms with Crippen LogP contribution in [0.1, 0.15) is 37.3 Å². The second-order valence-corrected chi connectivity index (χ2v) is 6.55. The van der Waals surface area contributed by atoms with E-state index < -0.39 is 0 Å². The number of carbonyl (C=O) groups is 2. The number of amides is 2. The summed E-state index contributed by atoms with van der Waals surface area (Å²) in [5.41, 5.74) is 1.62. The molecule has 0 radical (unpaired) electrons. The number of unbranched alkanes of at least 4 members (excludes halogenated alkanes) is 2. The number of nitrogens with zero attached hydrogens (tertiary/aromatic N) is 1. The third-order valence-corrected chi connectivity index (χ3v) is 4.86. The number of ether oxygens (including phenoxy) is 2. The van der Waals surface area contributed by atoms with Crippen molar-refractivity contribution in [3.8, 4) is 11.5 Å². The van der Waals surface area contributed by atoms with Crippen molar-refractivity contribution in [1.29, 1.82) is 0 Å². The van der Waals surface area contributed by atoms with Gasteiger partial charge in [-0.3, -0.25) is 14.5 Å². The molecule has 0 atom stereocenters. The van der Waals surface area contributed by atoms with E-state index in [9.17, 15) is 9.59 Å². The van der Waals surface area contributed by atoms with Crippen LogP contribution in [0.2, 0.25) is 0 Å². The molecule has 1 aliphatic heterocycles. The van der Waals surface area contributed by atoms with Gasteiger partial charge in [-0.25, -0.2) is 0 Å². The van der Waals surface area contributed by atoms with E-state index in [0.29, 0.717) is 17.2 Å². The number of hydrogen-bond acceptors (Lipinski definition) is 5. The predicted molar refractivity (Wildman–Crippen MR) is 96.5 cm³/mol. The Hall–Kier alpha value is -1.95. The smallest absolute Gasteiger partial charge is 0.293 e. The molecule has 6 heteroatoms. The second kappa shape index (κ2) is 8.24. The van der Waals surface area contributed by atoms with Gasteiger partial charge in [0.1, 0.15) is 11.5 Å². The first-order chi connectivity index (χ1) is 11.5. The number of thioether (sulfide) groups is 1. The lowest BCUT2D eigenvalue weighted by molar-refractivity contribution is -0.122. The number of rotatable bonds is 7. The molecule has 1 aromatic rings. The zero-order valence-corrected chi connectivity index (χ0v) is 15.4. The van der Waals surface area contributed by atoms with Crippen molar-refractivity contribution >= 4 is 29.0 Å². The summed E-state index contributed by atoms with van der Waals surface area (Å²) in [6.45, 7) is 4.46. The van der Waals surface area contributed by atoms with Gasteiger partial charge in [-0.15, -0.1) is 0 Å². The van der Waals surface area contributed by atoms with E-state index in [1.807, 2.05) is 19.1 Å². The molecule has 0 N–H and O–H groups in total. The van der Waals surface area contributed by atoms with Gasteiger partial charge >= 0.3 is 0 Å². The van der Waals surface area contributed by atoms with Crippen molar-refractivity contribution in [2.45, 2.75) is 33.1 Å². The molecule has 0 bridgehead atoms. The predicted octanol–water partition coefficient (Wildman–Crippen LogP) is 4.24. The van der Waals surface area contributed by atoms with E-state index in [1.165, 1.54) is 4.90 Å². The van der Waals surface area contributed by atoms with Crippen LogP contribution >= 0.6 is 11.8 Å². The second-order valence-electron chi connectivity index (χ2n) is 5.56. The van der Waals surface area contributed by atoms with Crippen molar-refractivity contribution < 1.29 is 19.1 Å². The van der Waals surface area contributed by atoms with Crippen molar-refractivity contribution in [2.24, 2.45) is 0 Å². The van der Waals surface area contributed by atoms with Gasteiger partial charge in [-0.1, -0.05) is 19.8 Å². The number of imide groups is 1. The highest BCUT2D eigenvalue weighted by Crippen LogP contribution is 2.37. The minimum absolute atomic E-state index is 0.202. The molecule has 0 saturated carbocycles. The normalized spacial score (nSPS) is 16.2. The van der Waals surface area contributed by atoms with Crippen LogP contribution < -0.4 is 9.47 Å². The fourth-order valence-electron chi connectivity index (χ4n) is 2.65. The molecule has 24 heavy (non-hydrogen) atoms. The number of carbonyl (C=O) groups excluding carboxylic acids is 2. The van der Waals surface area contributed by atoms with Gasteiger partial charge in [-0.05, 0) is 43.3 Å². The minimum atomic E-state index is -0.225. The van der Waals surface area contributed by atoms with Gasteiger partial charge in [-0.2, -0.15) is 0 Å². The molecule has 1 fully saturated rings. The summed E-state index contributed by atoms with van der Waals surface area (Å²) >= 11 is 0.981. The molecule has 0 unspecified atom stereocenters. The van der Waals surface area contributed by atoms with E-state index in [-0.39, 0.29) is 11.1 Å². The van der Waals surface area contributed by atoms with Crippen LogP contribution in [-0.2, 0) is 4.79 Å². The molecule has 2 amide bonds. The summed E-state index contributed by atoms with van der Waals surface area (Å²) in [7, 11) is 3.18. The molecule has 0 spiro atoms. The summed E-state index contributed by atoms with van der Waals surface area (Å²) in [6.07, 6.45) is 4.61. The Bertz CT molecular complexity index is 669. The Morgan fingerprint density at radius 1 is 1.17 bits per heavy atom. The van der Waals surface area contributed by atoms with Gasteiger partial charge in [0.25, 0.3) is 11.1 Å².